The molecule has 0 aromatic heterocycles. The molecule has 1 aromatic rings. The van der Waals surface area contributed by atoms with Crippen LogP contribution in [0, 0.1) is 10.1 Å². The maximum absolute atomic E-state index is 11.2. The summed E-state index contributed by atoms with van der Waals surface area (Å²) in [6, 6.07) is 4.03. The van der Waals surface area contributed by atoms with E-state index in [-0.39, 0.29) is 24.5 Å². The van der Waals surface area contributed by atoms with Crippen molar-refractivity contribution in [1.82, 2.24) is 0 Å². The van der Waals surface area contributed by atoms with Crippen molar-refractivity contribution in [3.05, 3.63) is 45.5 Å². The van der Waals surface area contributed by atoms with Gasteiger partial charge in [-0.25, -0.2) is 4.79 Å². The molecule has 0 radical (unpaired) electrons. The van der Waals surface area contributed by atoms with Gasteiger partial charge in [-0.15, -0.1) is 0 Å². The van der Waals surface area contributed by atoms with Crippen LogP contribution >= 0.6 is 0 Å². The second-order valence-electron chi connectivity index (χ2n) is 3.58. The average Bonchev–Trinajstić information content (AvgIpc) is 2.67. The maximum Gasteiger partial charge on any atom is 0.334 e. The summed E-state index contributed by atoms with van der Waals surface area (Å²) in [5.74, 6) is -0.789. The Hall–Kier alpha value is -2.37. The van der Waals surface area contributed by atoms with E-state index < -0.39 is 10.9 Å². The SMILES string of the molecule is O=C1OCC=C1Cc1ccc(O)c([N+](=O)[O-])c1. The van der Waals surface area contributed by atoms with Gasteiger partial charge >= 0.3 is 11.7 Å². The first-order valence-corrected chi connectivity index (χ1v) is 4.90. The fourth-order valence-electron chi connectivity index (χ4n) is 1.58. The lowest BCUT2D eigenvalue weighted by Gasteiger charge is -2.02. The van der Waals surface area contributed by atoms with Crippen LogP contribution in [0.1, 0.15) is 5.56 Å². The van der Waals surface area contributed by atoms with Crippen molar-refractivity contribution in [3.8, 4) is 5.75 Å². The van der Waals surface area contributed by atoms with Crippen molar-refractivity contribution >= 4 is 11.7 Å². The smallest absolute Gasteiger partial charge is 0.334 e. The summed E-state index contributed by atoms with van der Waals surface area (Å²) < 4.78 is 4.72. The fraction of sp³-hybridized carbons (Fsp3) is 0.182. The number of nitrogens with zero attached hydrogens (tertiary/aromatic N) is 1. The van der Waals surface area contributed by atoms with E-state index in [1.807, 2.05) is 0 Å². The summed E-state index contributed by atoms with van der Waals surface area (Å²) in [7, 11) is 0. The second kappa shape index (κ2) is 4.25. The topological polar surface area (TPSA) is 89.7 Å². The number of phenolic OH excluding ortho intramolecular Hbond substituents is 1. The van der Waals surface area contributed by atoms with E-state index >= 15 is 0 Å². The van der Waals surface area contributed by atoms with Gasteiger partial charge in [-0.2, -0.15) is 0 Å². The highest BCUT2D eigenvalue weighted by atomic mass is 16.6. The predicted octanol–water partition coefficient (Wildman–Crippen LogP) is 1.33. The van der Waals surface area contributed by atoms with Crippen LogP contribution in [0.2, 0.25) is 0 Å². The number of esters is 1. The predicted molar refractivity (Wildman–Crippen MR) is 57.5 cm³/mol. The molecule has 0 fully saturated rings. The van der Waals surface area contributed by atoms with Gasteiger partial charge in [0.25, 0.3) is 0 Å². The summed E-state index contributed by atoms with van der Waals surface area (Å²) in [5, 5.41) is 19.9. The molecule has 0 spiro atoms. The minimum Gasteiger partial charge on any atom is -0.502 e. The minimum absolute atomic E-state index is 0.244. The van der Waals surface area contributed by atoms with Crippen molar-refractivity contribution < 1.29 is 19.6 Å². The van der Waals surface area contributed by atoms with E-state index in [9.17, 15) is 20.0 Å². The Morgan fingerprint density at radius 1 is 1.47 bits per heavy atom. The molecule has 1 aromatic carbocycles. The number of aromatic hydroxyl groups is 1. The number of benzene rings is 1. The van der Waals surface area contributed by atoms with E-state index in [1.165, 1.54) is 18.2 Å². The molecular formula is C11H9NO5. The molecule has 0 bridgehead atoms. The molecular weight excluding hydrogens is 226 g/mol. The van der Waals surface area contributed by atoms with Gasteiger partial charge in [0.1, 0.15) is 6.61 Å². The Kier molecular flexibility index (Phi) is 2.78. The lowest BCUT2D eigenvalue weighted by molar-refractivity contribution is -0.385. The molecule has 0 atom stereocenters. The Morgan fingerprint density at radius 3 is 2.82 bits per heavy atom. The summed E-state index contributed by atoms with van der Waals surface area (Å²) >= 11 is 0. The molecule has 2 rings (SSSR count). The molecule has 1 heterocycles. The molecule has 0 unspecified atom stereocenters. The van der Waals surface area contributed by atoms with Gasteiger partial charge in [0.15, 0.2) is 5.75 Å². The van der Waals surface area contributed by atoms with Crippen LogP contribution in [-0.2, 0) is 16.0 Å². The molecule has 1 aliphatic heterocycles. The number of rotatable bonds is 3. The Morgan fingerprint density at radius 2 is 2.24 bits per heavy atom. The number of carbonyl (C=O) groups excluding carboxylic acids is 1. The number of phenols is 1. The van der Waals surface area contributed by atoms with Gasteiger partial charge in [0.2, 0.25) is 0 Å². The summed E-state index contributed by atoms with van der Waals surface area (Å²) in [6.45, 7) is 0.244. The second-order valence-corrected chi connectivity index (χ2v) is 3.58. The lowest BCUT2D eigenvalue weighted by Crippen LogP contribution is -2.02. The molecule has 1 N–H and O–H groups in total. The monoisotopic (exact) mass is 235 g/mol. The van der Waals surface area contributed by atoms with E-state index in [1.54, 1.807) is 6.08 Å². The number of nitro groups is 1. The number of hydrogen-bond donors (Lipinski definition) is 1. The van der Waals surface area contributed by atoms with Crippen molar-refractivity contribution in [2.45, 2.75) is 6.42 Å². The number of ether oxygens (including phenoxy) is 1. The van der Waals surface area contributed by atoms with Crippen molar-refractivity contribution in [3.63, 3.8) is 0 Å². The van der Waals surface area contributed by atoms with Crippen molar-refractivity contribution in [2.75, 3.05) is 6.61 Å². The van der Waals surface area contributed by atoms with Gasteiger partial charge in [-0.3, -0.25) is 10.1 Å². The highest BCUT2D eigenvalue weighted by Gasteiger charge is 2.19. The third-order valence-corrected chi connectivity index (χ3v) is 2.44. The standard InChI is InChI=1S/C11H9NO5/c13-10-2-1-7(6-9(10)12(15)16)5-8-3-4-17-11(8)14/h1-3,6,13H,4-5H2. The number of nitro benzene ring substituents is 1. The molecule has 88 valence electrons. The summed E-state index contributed by atoms with van der Waals surface area (Å²) in [4.78, 5) is 21.1. The van der Waals surface area contributed by atoms with E-state index in [0.29, 0.717) is 11.1 Å². The van der Waals surface area contributed by atoms with E-state index in [4.69, 9.17) is 4.74 Å². The molecule has 6 nitrogen and oxygen atoms in total. The number of hydrogen-bond acceptors (Lipinski definition) is 5. The van der Waals surface area contributed by atoms with Crippen LogP contribution in [0.4, 0.5) is 5.69 Å². The third-order valence-electron chi connectivity index (χ3n) is 2.44. The van der Waals surface area contributed by atoms with Crippen LogP contribution in [0.3, 0.4) is 0 Å². The van der Waals surface area contributed by atoms with Crippen molar-refractivity contribution in [2.24, 2.45) is 0 Å². The maximum atomic E-state index is 11.2. The first-order chi connectivity index (χ1) is 8.08. The van der Waals surface area contributed by atoms with Gasteiger partial charge in [0.05, 0.1) is 4.92 Å². The summed E-state index contributed by atoms with van der Waals surface area (Å²) in [6.07, 6.45) is 1.90. The highest BCUT2D eigenvalue weighted by Crippen LogP contribution is 2.27. The number of cyclic esters (lactones) is 1. The first kappa shape index (κ1) is 11.1. The van der Waals surface area contributed by atoms with Crippen LogP contribution in [0.5, 0.6) is 5.75 Å². The zero-order valence-electron chi connectivity index (χ0n) is 8.75. The Balaban J connectivity index is 2.25. The third kappa shape index (κ3) is 2.25. The average molecular weight is 235 g/mol. The van der Waals surface area contributed by atoms with Crippen LogP contribution in [-0.4, -0.2) is 22.6 Å². The first-order valence-electron chi connectivity index (χ1n) is 4.90. The number of carbonyl (C=O) groups is 1. The summed E-state index contributed by atoms with van der Waals surface area (Å²) in [5.41, 5.74) is 0.694. The fourth-order valence-corrected chi connectivity index (χ4v) is 1.58. The van der Waals surface area contributed by atoms with Gasteiger partial charge in [-0.05, 0) is 17.7 Å². The zero-order valence-corrected chi connectivity index (χ0v) is 8.75. The molecule has 0 saturated carbocycles. The quantitative estimate of drug-likeness (QED) is 0.485. The van der Waals surface area contributed by atoms with Crippen LogP contribution in [0.15, 0.2) is 29.8 Å². The highest BCUT2D eigenvalue weighted by molar-refractivity contribution is 5.90. The van der Waals surface area contributed by atoms with E-state index in [0.717, 1.165) is 0 Å². The lowest BCUT2D eigenvalue weighted by atomic mass is 10.0. The molecule has 0 amide bonds. The van der Waals surface area contributed by atoms with E-state index in [2.05, 4.69) is 0 Å². The normalized spacial score (nSPS) is 14.4. The van der Waals surface area contributed by atoms with Crippen LogP contribution in [0.25, 0.3) is 0 Å². The molecule has 17 heavy (non-hydrogen) atoms. The Labute approximate surface area is 96.3 Å². The molecule has 6 heteroatoms. The Bertz CT molecular complexity index is 521. The minimum atomic E-state index is -0.666. The van der Waals surface area contributed by atoms with Gasteiger partial charge in [0, 0.05) is 18.1 Å². The largest absolute Gasteiger partial charge is 0.502 e. The van der Waals surface area contributed by atoms with Crippen molar-refractivity contribution in [1.29, 1.82) is 0 Å². The molecule has 0 aliphatic carbocycles. The molecule has 1 aliphatic rings. The molecule has 0 saturated heterocycles. The zero-order chi connectivity index (χ0) is 12.4. The van der Waals surface area contributed by atoms with Gasteiger partial charge in [-0.1, -0.05) is 6.07 Å². The van der Waals surface area contributed by atoms with Crippen LogP contribution < -0.4 is 0 Å². The van der Waals surface area contributed by atoms with Gasteiger partial charge < -0.3 is 9.84 Å².